The Hall–Kier alpha value is -5.35. The number of hydrogen-bond acceptors (Lipinski definition) is 4. The molecule has 0 aliphatic heterocycles. The lowest BCUT2D eigenvalue weighted by Crippen LogP contribution is -2.00. The molecule has 2 heterocycles. The summed E-state index contributed by atoms with van der Waals surface area (Å²) in [5.41, 5.74) is 7.12. The lowest BCUT2D eigenvalue weighted by Gasteiger charge is -2.11. The smallest absolute Gasteiger partial charge is 0.199 e. The summed E-state index contributed by atoms with van der Waals surface area (Å²) in [6.07, 6.45) is 0. The maximum Gasteiger partial charge on any atom is 0.199 e. The minimum atomic E-state index is 0.501. The summed E-state index contributed by atoms with van der Waals surface area (Å²) < 4.78 is 6.17. The predicted molar refractivity (Wildman–Crippen MR) is 157 cm³/mol. The predicted octanol–water partition coefficient (Wildman–Crippen LogP) is 8.95. The summed E-state index contributed by atoms with van der Waals surface area (Å²) >= 11 is 0. The van der Waals surface area contributed by atoms with Crippen LogP contribution in [0.15, 0.2) is 144 Å². The summed E-state index contributed by atoms with van der Waals surface area (Å²) in [5.74, 6) is 2.31. The van der Waals surface area contributed by atoms with E-state index in [0.717, 1.165) is 38.8 Å². The maximum absolute atomic E-state index is 6.17. The molecule has 0 aliphatic carbocycles. The second kappa shape index (κ2) is 9.84. The zero-order valence-corrected chi connectivity index (χ0v) is 21.0. The number of nitrogens with zero attached hydrogens (tertiary/aromatic N) is 3. The molecular formula is C35H23N3O. The van der Waals surface area contributed by atoms with E-state index < -0.39 is 0 Å². The SMILES string of the molecule is c1ccc(-c2ccc(-c3nc(-c4cc5ccccc5o4)nc(-c4ccccc4-c4ccccc4)n3)cc2)cc1. The molecule has 0 fully saturated rings. The van der Waals surface area contributed by atoms with Gasteiger partial charge in [0.1, 0.15) is 5.58 Å². The van der Waals surface area contributed by atoms with Crippen LogP contribution in [0.3, 0.4) is 0 Å². The largest absolute Gasteiger partial charge is 0.453 e. The highest BCUT2D eigenvalue weighted by molar-refractivity contribution is 5.84. The molecule has 0 atom stereocenters. The summed E-state index contributed by atoms with van der Waals surface area (Å²) in [6.45, 7) is 0. The molecule has 0 unspecified atom stereocenters. The normalized spacial score (nSPS) is 11.1. The molecule has 5 aromatic carbocycles. The van der Waals surface area contributed by atoms with Gasteiger partial charge in [-0.15, -0.1) is 0 Å². The van der Waals surface area contributed by atoms with E-state index in [9.17, 15) is 0 Å². The van der Waals surface area contributed by atoms with Crippen molar-refractivity contribution in [2.75, 3.05) is 0 Å². The van der Waals surface area contributed by atoms with Gasteiger partial charge in [-0.05, 0) is 34.4 Å². The Kier molecular flexibility index (Phi) is 5.76. The van der Waals surface area contributed by atoms with E-state index in [1.807, 2.05) is 78.9 Å². The zero-order valence-electron chi connectivity index (χ0n) is 21.0. The van der Waals surface area contributed by atoms with Crippen LogP contribution in [0.1, 0.15) is 0 Å². The van der Waals surface area contributed by atoms with E-state index in [1.165, 1.54) is 5.56 Å². The van der Waals surface area contributed by atoms with Gasteiger partial charge in [-0.1, -0.05) is 127 Å². The Balaban J connectivity index is 1.40. The van der Waals surface area contributed by atoms with E-state index in [0.29, 0.717) is 23.2 Å². The number of furan rings is 1. The fourth-order valence-corrected chi connectivity index (χ4v) is 4.82. The fourth-order valence-electron chi connectivity index (χ4n) is 4.82. The van der Waals surface area contributed by atoms with Gasteiger partial charge in [0.2, 0.25) is 0 Å². The standard InChI is InChI=1S/C35H23N3O/c1-3-11-24(12-4-1)25-19-21-27(22-20-25)33-36-34(30-17-9-8-16-29(30)26-13-5-2-6-14-26)38-35(37-33)32-23-28-15-7-10-18-31(28)39-32/h1-23H. The molecule has 0 saturated heterocycles. The van der Waals surface area contributed by atoms with Crippen LogP contribution in [0.5, 0.6) is 0 Å². The van der Waals surface area contributed by atoms with Gasteiger partial charge in [0.15, 0.2) is 23.2 Å². The Morgan fingerprint density at radius 3 is 1.67 bits per heavy atom. The molecule has 7 rings (SSSR count). The van der Waals surface area contributed by atoms with Crippen LogP contribution >= 0.6 is 0 Å². The van der Waals surface area contributed by atoms with Crippen molar-refractivity contribution in [2.24, 2.45) is 0 Å². The van der Waals surface area contributed by atoms with E-state index >= 15 is 0 Å². The quantitative estimate of drug-likeness (QED) is 0.236. The van der Waals surface area contributed by atoms with Crippen molar-refractivity contribution in [1.82, 2.24) is 15.0 Å². The summed E-state index contributed by atoms with van der Waals surface area (Å²) in [6, 6.07) is 47.1. The second-order valence-corrected chi connectivity index (χ2v) is 9.31. The molecule has 0 N–H and O–H groups in total. The van der Waals surface area contributed by atoms with Crippen LogP contribution in [-0.2, 0) is 0 Å². The van der Waals surface area contributed by atoms with Crippen LogP contribution in [0.4, 0.5) is 0 Å². The van der Waals surface area contributed by atoms with Gasteiger partial charge in [0.05, 0.1) is 0 Å². The third-order valence-electron chi connectivity index (χ3n) is 6.78. The van der Waals surface area contributed by atoms with Crippen molar-refractivity contribution in [3.05, 3.63) is 140 Å². The van der Waals surface area contributed by atoms with Crippen molar-refractivity contribution in [3.8, 4) is 56.6 Å². The number of rotatable bonds is 5. The molecule has 0 aliphatic rings. The topological polar surface area (TPSA) is 51.8 Å². The number of benzene rings is 5. The van der Waals surface area contributed by atoms with E-state index in [2.05, 4.69) is 60.7 Å². The lowest BCUT2D eigenvalue weighted by atomic mass is 9.99. The molecule has 4 nitrogen and oxygen atoms in total. The van der Waals surface area contributed by atoms with E-state index in [4.69, 9.17) is 19.4 Å². The monoisotopic (exact) mass is 501 g/mol. The van der Waals surface area contributed by atoms with Crippen molar-refractivity contribution in [1.29, 1.82) is 0 Å². The lowest BCUT2D eigenvalue weighted by molar-refractivity contribution is 0.625. The maximum atomic E-state index is 6.17. The third-order valence-corrected chi connectivity index (χ3v) is 6.78. The van der Waals surface area contributed by atoms with Gasteiger partial charge >= 0.3 is 0 Å². The van der Waals surface area contributed by atoms with E-state index in [-0.39, 0.29) is 0 Å². The molecule has 0 spiro atoms. The Morgan fingerprint density at radius 1 is 0.385 bits per heavy atom. The molecule has 0 bridgehead atoms. The van der Waals surface area contributed by atoms with Crippen molar-refractivity contribution in [2.45, 2.75) is 0 Å². The number of fused-ring (bicyclic) bond motifs is 1. The summed E-state index contributed by atoms with van der Waals surface area (Å²) in [5, 5.41) is 1.01. The molecule has 184 valence electrons. The van der Waals surface area contributed by atoms with Crippen LogP contribution in [0.2, 0.25) is 0 Å². The first-order chi connectivity index (χ1) is 19.3. The fraction of sp³-hybridized carbons (Fsp3) is 0. The van der Waals surface area contributed by atoms with Crippen LogP contribution < -0.4 is 0 Å². The highest BCUT2D eigenvalue weighted by atomic mass is 16.3. The van der Waals surface area contributed by atoms with Crippen molar-refractivity contribution in [3.63, 3.8) is 0 Å². The average molecular weight is 502 g/mol. The Bertz CT molecular complexity index is 1860. The number of aromatic nitrogens is 3. The van der Waals surface area contributed by atoms with Gasteiger partial charge in [0, 0.05) is 16.5 Å². The van der Waals surface area contributed by atoms with Crippen LogP contribution in [0, 0.1) is 0 Å². The van der Waals surface area contributed by atoms with Crippen LogP contribution in [-0.4, -0.2) is 15.0 Å². The minimum absolute atomic E-state index is 0.501. The molecule has 4 heteroatoms. The van der Waals surface area contributed by atoms with Crippen LogP contribution in [0.25, 0.3) is 67.6 Å². The number of hydrogen-bond donors (Lipinski definition) is 0. The molecule has 2 aromatic heterocycles. The van der Waals surface area contributed by atoms with Gasteiger partial charge in [-0.25, -0.2) is 15.0 Å². The molecule has 0 radical (unpaired) electrons. The average Bonchev–Trinajstić information content (AvgIpc) is 3.47. The molecule has 7 aromatic rings. The van der Waals surface area contributed by atoms with Crippen molar-refractivity contribution >= 4 is 11.0 Å². The second-order valence-electron chi connectivity index (χ2n) is 9.31. The molecule has 0 amide bonds. The van der Waals surface area contributed by atoms with Gasteiger partial charge < -0.3 is 4.42 Å². The Labute approximate surface area is 226 Å². The van der Waals surface area contributed by atoms with Crippen molar-refractivity contribution < 1.29 is 4.42 Å². The molecule has 0 saturated carbocycles. The summed E-state index contributed by atoms with van der Waals surface area (Å²) in [7, 11) is 0. The first-order valence-electron chi connectivity index (χ1n) is 12.9. The molecule has 39 heavy (non-hydrogen) atoms. The summed E-state index contributed by atoms with van der Waals surface area (Å²) in [4.78, 5) is 14.8. The van der Waals surface area contributed by atoms with Gasteiger partial charge in [-0.2, -0.15) is 0 Å². The van der Waals surface area contributed by atoms with E-state index in [1.54, 1.807) is 0 Å². The highest BCUT2D eigenvalue weighted by Gasteiger charge is 2.17. The zero-order chi connectivity index (χ0) is 26.0. The van der Waals surface area contributed by atoms with Gasteiger partial charge in [0.25, 0.3) is 0 Å². The number of para-hydroxylation sites is 1. The first-order valence-corrected chi connectivity index (χ1v) is 12.9. The molecular weight excluding hydrogens is 478 g/mol. The van der Waals surface area contributed by atoms with Gasteiger partial charge in [-0.3, -0.25) is 0 Å². The Morgan fingerprint density at radius 2 is 0.923 bits per heavy atom. The first kappa shape index (κ1) is 22.8. The minimum Gasteiger partial charge on any atom is -0.453 e. The third kappa shape index (κ3) is 4.49. The highest BCUT2D eigenvalue weighted by Crippen LogP contribution is 2.34.